The molecule has 1 aromatic heterocycles. The molecule has 2 rings (SSSR count). The van der Waals surface area contributed by atoms with Gasteiger partial charge in [-0.3, -0.25) is 4.79 Å². The van der Waals surface area contributed by atoms with Crippen molar-refractivity contribution in [1.82, 2.24) is 4.98 Å². The van der Waals surface area contributed by atoms with Crippen molar-refractivity contribution in [2.75, 3.05) is 5.32 Å². The predicted octanol–water partition coefficient (Wildman–Crippen LogP) is 3.39. The van der Waals surface area contributed by atoms with E-state index in [0.29, 0.717) is 5.82 Å². The van der Waals surface area contributed by atoms with Gasteiger partial charge in [-0.15, -0.1) is 0 Å². The van der Waals surface area contributed by atoms with Gasteiger partial charge in [0.25, 0.3) is 0 Å². The number of hydrogen-bond donors (Lipinski definition) is 1. The van der Waals surface area contributed by atoms with Crippen LogP contribution in [0.2, 0.25) is 0 Å². The molecule has 1 atom stereocenters. The average molecular weight is 319 g/mol. The van der Waals surface area contributed by atoms with E-state index in [1.54, 1.807) is 13.1 Å². The topological polar surface area (TPSA) is 42.0 Å². The van der Waals surface area contributed by atoms with Crippen LogP contribution in [-0.2, 0) is 11.2 Å². The van der Waals surface area contributed by atoms with Crippen LogP contribution in [0.1, 0.15) is 18.1 Å². The lowest BCUT2D eigenvalue weighted by atomic mass is 10.1. The molecule has 98 valence electrons. The molecule has 0 aliphatic heterocycles. The maximum absolute atomic E-state index is 11.5. The highest BCUT2D eigenvalue weighted by atomic mass is 79.9. The van der Waals surface area contributed by atoms with E-state index in [2.05, 4.69) is 38.4 Å². The highest BCUT2D eigenvalue weighted by Crippen LogP contribution is 2.11. The SMILES string of the molecule is CC(Br)C(=O)Nc1ccc(Cc2ccccc2)cn1. The number of rotatable bonds is 4. The number of benzene rings is 1. The molecule has 1 unspecified atom stereocenters. The van der Waals surface area contributed by atoms with Gasteiger partial charge in [0.15, 0.2) is 0 Å². The number of alkyl halides is 1. The third-order valence-corrected chi connectivity index (χ3v) is 3.10. The highest BCUT2D eigenvalue weighted by Gasteiger charge is 2.09. The van der Waals surface area contributed by atoms with Crippen LogP contribution in [0.25, 0.3) is 0 Å². The van der Waals surface area contributed by atoms with Crippen LogP contribution in [0.5, 0.6) is 0 Å². The third-order valence-electron chi connectivity index (χ3n) is 2.69. The molecule has 1 heterocycles. The van der Waals surface area contributed by atoms with Crippen molar-refractivity contribution in [2.24, 2.45) is 0 Å². The number of hydrogen-bond acceptors (Lipinski definition) is 2. The number of aromatic nitrogens is 1. The van der Waals surface area contributed by atoms with Crippen LogP contribution < -0.4 is 5.32 Å². The van der Waals surface area contributed by atoms with Gasteiger partial charge in [-0.25, -0.2) is 4.98 Å². The Bertz CT molecular complexity index is 538. The summed E-state index contributed by atoms with van der Waals surface area (Å²) < 4.78 is 0. The number of carbonyl (C=O) groups excluding carboxylic acids is 1. The fourth-order valence-electron chi connectivity index (χ4n) is 1.66. The van der Waals surface area contributed by atoms with Gasteiger partial charge in [-0.2, -0.15) is 0 Å². The minimum Gasteiger partial charge on any atom is -0.310 e. The molecular formula is C15H15BrN2O. The maximum Gasteiger partial charge on any atom is 0.239 e. The van der Waals surface area contributed by atoms with Gasteiger partial charge >= 0.3 is 0 Å². The molecule has 0 aliphatic rings. The molecule has 0 bridgehead atoms. The lowest BCUT2D eigenvalue weighted by Crippen LogP contribution is -2.20. The van der Waals surface area contributed by atoms with Crippen molar-refractivity contribution in [3.63, 3.8) is 0 Å². The van der Waals surface area contributed by atoms with Crippen LogP contribution in [-0.4, -0.2) is 15.7 Å². The Morgan fingerprint density at radius 3 is 2.53 bits per heavy atom. The van der Waals surface area contributed by atoms with Crippen molar-refractivity contribution < 1.29 is 4.79 Å². The molecule has 1 N–H and O–H groups in total. The molecule has 19 heavy (non-hydrogen) atoms. The second kappa shape index (κ2) is 6.48. The Morgan fingerprint density at radius 1 is 1.21 bits per heavy atom. The molecule has 2 aromatic rings. The number of carbonyl (C=O) groups is 1. The summed E-state index contributed by atoms with van der Waals surface area (Å²) in [5.74, 6) is 0.483. The summed E-state index contributed by atoms with van der Waals surface area (Å²) in [6.45, 7) is 1.78. The minimum atomic E-state index is -0.224. The van der Waals surface area contributed by atoms with Gasteiger partial charge in [0.1, 0.15) is 5.82 Å². The second-order valence-electron chi connectivity index (χ2n) is 4.32. The number of nitrogens with zero attached hydrogens (tertiary/aromatic N) is 1. The summed E-state index contributed by atoms with van der Waals surface area (Å²) in [5, 5.41) is 2.74. The quantitative estimate of drug-likeness (QED) is 0.878. The first kappa shape index (κ1) is 13.7. The standard InChI is InChI=1S/C15H15BrN2O/c1-11(16)15(19)18-14-8-7-13(10-17-14)9-12-5-3-2-4-6-12/h2-8,10-11H,9H2,1H3,(H,17,18,19). The van der Waals surface area contributed by atoms with E-state index in [1.807, 2.05) is 30.3 Å². The van der Waals surface area contributed by atoms with E-state index in [4.69, 9.17) is 0 Å². The molecule has 0 radical (unpaired) electrons. The third kappa shape index (κ3) is 4.17. The minimum absolute atomic E-state index is 0.0942. The number of amides is 1. The van der Waals surface area contributed by atoms with Crippen molar-refractivity contribution in [3.8, 4) is 0 Å². The Balaban J connectivity index is 2.01. The fraction of sp³-hybridized carbons (Fsp3) is 0.200. The first-order chi connectivity index (χ1) is 9.15. The molecule has 3 nitrogen and oxygen atoms in total. The summed E-state index contributed by atoms with van der Waals surface area (Å²) in [5.41, 5.74) is 2.37. The van der Waals surface area contributed by atoms with E-state index >= 15 is 0 Å². The molecule has 0 fully saturated rings. The summed E-state index contributed by atoms with van der Waals surface area (Å²) in [6.07, 6.45) is 2.64. The van der Waals surface area contributed by atoms with Crippen LogP contribution >= 0.6 is 15.9 Å². The van der Waals surface area contributed by atoms with Crippen molar-refractivity contribution in [2.45, 2.75) is 18.2 Å². The zero-order chi connectivity index (χ0) is 13.7. The zero-order valence-electron chi connectivity index (χ0n) is 10.6. The molecule has 1 amide bonds. The van der Waals surface area contributed by atoms with Gasteiger partial charge < -0.3 is 5.32 Å². The second-order valence-corrected chi connectivity index (χ2v) is 5.69. The summed E-state index contributed by atoms with van der Waals surface area (Å²) in [7, 11) is 0. The lowest BCUT2D eigenvalue weighted by Gasteiger charge is -2.07. The smallest absolute Gasteiger partial charge is 0.239 e. The van der Waals surface area contributed by atoms with E-state index in [9.17, 15) is 4.79 Å². The first-order valence-corrected chi connectivity index (χ1v) is 7.00. The molecule has 0 spiro atoms. The zero-order valence-corrected chi connectivity index (χ0v) is 12.2. The van der Waals surface area contributed by atoms with Crippen LogP contribution in [0.15, 0.2) is 48.7 Å². The van der Waals surface area contributed by atoms with Gasteiger partial charge in [0, 0.05) is 6.20 Å². The highest BCUT2D eigenvalue weighted by molar-refractivity contribution is 9.10. The van der Waals surface area contributed by atoms with Crippen molar-refractivity contribution in [3.05, 3.63) is 59.8 Å². The molecule has 0 saturated carbocycles. The number of anilines is 1. The van der Waals surface area contributed by atoms with Gasteiger partial charge in [-0.05, 0) is 30.5 Å². The summed E-state index contributed by atoms with van der Waals surface area (Å²) >= 11 is 3.22. The number of halogens is 1. The summed E-state index contributed by atoms with van der Waals surface area (Å²) in [4.78, 5) is 15.5. The van der Waals surface area contributed by atoms with Crippen molar-refractivity contribution >= 4 is 27.7 Å². The Morgan fingerprint density at radius 2 is 1.95 bits per heavy atom. The first-order valence-electron chi connectivity index (χ1n) is 6.09. The van der Waals surface area contributed by atoms with Crippen LogP contribution in [0, 0.1) is 0 Å². The lowest BCUT2D eigenvalue weighted by molar-refractivity contribution is -0.115. The van der Waals surface area contributed by atoms with Gasteiger partial charge in [-0.1, -0.05) is 52.3 Å². The van der Waals surface area contributed by atoms with E-state index in [0.717, 1.165) is 12.0 Å². The predicted molar refractivity (Wildman–Crippen MR) is 80.5 cm³/mol. The largest absolute Gasteiger partial charge is 0.310 e. The van der Waals surface area contributed by atoms with E-state index in [-0.39, 0.29) is 10.7 Å². The molecule has 0 aliphatic carbocycles. The van der Waals surface area contributed by atoms with Crippen molar-refractivity contribution in [1.29, 1.82) is 0 Å². The van der Waals surface area contributed by atoms with Gasteiger partial charge in [0.2, 0.25) is 5.91 Å². The van der Waals surface area contributed by atoms with E-state index < -0.39 is 0 Å². The number of nitrogens with one attached hydrogen (secondary N) is 1. The monoisotopic (exact) mass is 318 g/mol. The number of pyridine rings is 1. The Labute approximate surface area is 121 Å². The van der Waals surface area contributed by atoms with Crippen LogP contribution in [0.3, 0.4) is 0 Å². The van der Waals surface area contributed by atoms with E-state index in [1.165, 1.54) is 5.56 Å². The maximum atomic E-state index is 11.5. The Kier molecular flexibility index (Phi) is 4.68. The molecular weight excluding hydrogens is 304 g/mol. The Hall–Kier alpha value is -1.68. The fourth-order valence-corrected chi connectivity index (χ4v) is 1.77. The summed E-state index contributed by atoms with van der Waals surface area (Å²) in [6, 6.07) is 14.0. The molecule has 0 saturated heterocycles. The molecule has 1 aromatic carbocycles. The van der Waals surface area contributed by atoms with Crippen LogP contribution in [0.4, 0.5) is 5.82 Å². The molecule has 4 heteroatoms. The average Bonchev–Trinajstić information content (AvgIpc) is 2.42. The van der Waals surface area contributed by atoms with Gasteiger partial charge in [0.05, 0.1) is 4.83 Å². The normalized spacial score (nSPS) is 11.9.